The Hall–Kier alpha value is -1.42. The lowest BCUT2D eigenvalue weighted by Gasteiger charge is -2.08. The van der Waals surface area contributed by atoms with E-state index in [9.17, 15) is 4.79 Å². The molecule has 1 aromatic rings. The number of nitrogens with one attached hydrogen (secondary N) is 2. The first-order valence-electron chi connectivity index (χ1n) is 5.17. The zero-order valence-corrected chi connectivity index (χ0v) is 10.5. The van der Waals surface area contributed by atoms with Crippen LogP contribution in [0.2, 0.25) is 0 Å². The van der Waals surface area contributed by atoms with Gasteiger partial charge < -0.3 is 5.32 Å². The van der Waals surface area contributed by atoms with Crippen molar-refractivity contribution >= 4 is 23.2 Å². The zero-order valence-electron chi connectivity index (χ0n) is 9.70. The van der Waals surface area contributed by atoms with Crippen molar-refractivity contribution in [3.05, 3.63) is 35.4 Å². The Morgan fingerprint density at radius 3 is 2.25 bits per heavy atom. The van der Waals surface area contributed by atoms with Gasteiger partial charge in [0.25, 0.3) is 5.91 Å². The molecular formula is C12H16N2OS. The second kappa shape index (κ2) is 5.61. The van der Waals surface area contributed by atoms with Crippen molar-refractivity contribution < 1.29 is 4.79 Å². The highest BCUT2D eigenvalue weighted by atomic mass is 32.1. The predicted octanol–water partition coefficient (Wildman–Crippen LogP) is 2.04. The number of thiocarbonyl (C=S) groups is 1. The van der Waals surface area contributed by atoms with Crippen LogP contribution >= 0.6 is 12.2 Å². The van der Waals surface area contributed by atoms with E-state index < -0.39 is 0 Å². The van der Waals surface area contributed by atoms with E-state index in [4.69, 9.17) is 12.2 Å². The fourth-order valence-corrected chi connectivity index (χ4v) is 1.35. The van der Waals surface area contributed by atoms with Gasteiger partial charge >= 0.3 is 0 Å². The highest BCUT2D eigenvalue weighted by molar-refractivity contribution is 7.80. The third-order valence-corrected chi connectivity index (χ3v) is 2.60. The first-order chi connectivity index (χ1) is 7.54. The van der Waals surface area contributed by atoms with Gasteiger partial charge in [0.1, 0.15) is 0 Å². The van der Waals surface area contributed by atoms with Crippen molar-refractivity contribution in [2.45, 2.75) is 19.8 Å². The molecule has 1 rings (SSSR count). The highest BCUT2D eigenvalue weighted by Crippen LogP contribution is 2.14. The van der Waals surface area contributed by atoms with Crippen molar-refractivity contribution in [3.63, 3.8) is 0 Å². The topological polar surface area (TPSA) is 41.1 Å². The van der Waals surface area contributed by atoms with Crippen LogP contribution in [0.1, 0.15) is 35.7 Å². The molecule has 0 aliphatic carbocycles. The molecule has 0 aliphatic heterocycles. The Morgan fingerprint density at radius 1 is 1.25 bits per heavy atom. The van der Waals surface area contributed by atoms with E-state index in [2.05, 4.69) is 24.5 Å². The van der Waals surface area contributed by atoms with Crippen molar-refractivity contribution in [2.75, 3.05) is 7.05 Å². The van der Waals surface area contributed by atoms with Crippen LogP contribution < -0.4 is 10.6 Å². The second-order valence-corrected chi connectivity index (χ2v) is 4.22. The van der Waals surface area contributed by atoms with Gasteiger partial charge in [0.15, 0.2) is 5.11 Å². The summed E-state index contributed by atoms with van der Waals surface area (Å²) in [5.41, 5.74) is 1.83. The number of hydrogen-bond acceptors (Lipinski definition) is 2. The van der Waals surface area contributed by atoms with Gasteiger partial charge in [0.2, 0.25) is 0 Å². The van der Waals surface area contributed by atoms with Gasteiger partial charge in [-0.05, 0) is 35.8 Å². The van der Waals surface area contributed by atoms with Gasteiger partial charge in [-0.1, -0.05) is 26.0 Å². The van der Waals surface area contributed by atoms with Crippen LogP contribution in [0.5, 0.6) is 0 Å². The first kappa shape index (κ1) is 12.6. The molecule has 0 spiro atoms. The lowest BCUT2D eigenvalue weighted by molar-refractivity contribution is 0.0977. The molecule has 86 valence electrons. The number of carbonyl (C=O) groups is 1. The Balaban J connectivity index is 2.74. The van der Waals surface area contributed by atoms with Crippen LogP contribution in [0.4, 0.5) is 0 Å². The summed E-state index contributed by atoms with van der Waals surface area (Å²) >= 11 is 4.86. The molecular weight excluding hydrogens is 220 g/mol. The summed E-state index contributed by atoms with van der Waals surface area (Å²) in [6.45, 7) is 4.23. The third-order valence-electron chi connectivity index (χ3n) is 2.29. The molecule has 0 bridgehead atoms. The number of amides is 1. The molecule has 3 nitrogen and oxygen atoms in total. The quantitative estimate of drug-likeness (QED) is 0.772. The smallest absolute Gasteiger partial charge is 0.257 e. The van der Waals surface area contributed by atoms with E-state index in [1.54, 1.807) is 7.05 Å². The van der Waals surface area contributed by atoms with Crippen LogP contribution in [-0.4, -0.2) is 18.1 Å². The Bertz CT molecular complexity index is 385. The first-order valence-corrected chi connectivity index (χ1v) is 5.58. The van der Waals surface area contributed by atoms with Gasteiger partial charge in [-0.2, -0.15) is 0 Å². The molecule has 4 heteroatoms. The average Bonchev–Trinajstić information content (AvgIpc) is 2.28. The molecule has 0 heterocycles. The molecule has 2 N–H and O–H groups in total. The Labute approximate surface area is 101 Å². The van der Waals surface area contributed by atoms with Crippen molar-refractivity contribution in [1.29, 1.82) is 0 Å². The summed E-state index contributed by atoms with van der Waals surface area (Å²) in [4.78, 5) is 11.7. The van der Waals surface area contributed by atoms with Crippen molar-refractivity contribution in [2.24, 2.45) is 0 Å². The highest BCUT2D eigenvalue weighted by Gasteiger charge is 2.07. The Kier molecular flexibility index (Phi) is 4.43. The van der Waals surface area contributed by atoms with Gasteiger partial charge in [0.05, 0.1) is 0 Å². The van der Waals surface area contributed by atoms with Crippen LogP contribution in [0.3, 0.4) is 0 Å². The van der Waals surface area contributed by atoms with E-state index in [-0.39, 0.29) is 5.91 Å². The normalized spacial score (nSPS) is 10.0. The summed E-state index contributed by atoms with van der Waals surface area (Å²) in [7, 11) is 1.67. The minimum atomic E-state index is -0.186. The molecule has 0 saturated carbocycles. The van der Waals surface area contributed by atoms with Crippen LogP contribution in [0, 0.1) is 0 Å². The maximum atomic E-state index is 11.7. The molecule has 0 aliphatic rings. The van der Waals surface area contributed by atoms with E-state index >= 15 is 0 Å². The minimum absolute atomic E-state index is 0.186. The van der Waals surface area contributed by atoms with Gasteiger partial charge in [-0.25, -0.2) is 0 Å². The lowest BCUT2D eigenvalue weighted by Crippen LogP contribution is -2.37. The summed E-state index contributed by atoms with van der Waals surface area (Å²) in [5, 5.41) is 5.60. The fourth-order valence-electron chi connectivity index (χ4n) is 1.26. The molecule has 0 atom stereocenters. The number of benzene rings is 1. The molecule has 0 fully saturated rings. The van der Waals surface area contributed by atoms with Crippen LogP contribution in [0.25, 0.3) is 0 Å². The maximum Gasteiger partial charge on any atom is 0.257 e. The van der Waals surface area contributed by atoms with Crippen molar-refractivity contribution in [3.8, 4) is 0 Å². The SMILES string of the molecule is CNC(=S)NC(=O)c1ccc(C(C)C)cc1. The summed E-state index contributed by atoms with van der Waals surface area (Å²) in [6, 6.07) is 7.54. The van der Waals surface area contributed by atoms with E-state index in [0.717, 1.165) is 0 Å². The molecule has 0 unspecified atom stereocenters. The van der Waals surface area contributed by atoms with Gasteiger partial charge in [0, 0.05) is 12.6 Å². The maximum absolute atomic E-state index is 11.7. The fraction of sp³-hybridized carbons (Fsp3) is 0.333. The monoisotopic (exact) mass is 236 g/mol. The summed E-state index contributed by atoms with van der Waals surface area (Å²) in [5.74, 6) is 0.283. The van der Waals surface area contributed by atoms with Gasteiger partial charge in [-0.15, -0.1) is 0 Å². The third kappa shape index (κ3) is 3.31. The van der Waals surface area contributed by atoms with Crippen molar-refractivity contribution in [1.82, 2.24) is 10.6 Å². The molecule has 1 amide bonds. The number of hydrogen-bond donors (Lipinski definition) is 2. The number of rotatable bonds is 2. The predicted molar refractivity (Wildman–Crippen MR) is 69.7 cm³/mol. The molecule has 16 heavy (non-hydrogen) atoms. The van der Waals surface area contributed by atoms with E-state index in [0.29, 0.717) is 16.6 Å². The molecule has 1 aromatic carbocycles. The standard InChI is InChI=1S/C12H16N2OS/c1-8(2)9-4-6-10(7-5-9)11(15)14-12(16)13-3/h4-8H,1-3H3,(H2,13,14,15,16). The second-order valence-electron chi connectivity index (χ2n) is 3.81. The lowest BCUT2D eigenvalue weighted by atomic mass is 10.0. The largest absolute Gasteiger partial charge is 0.365 e. The van der Waals surface area contributed by atoms with E-state index in [1.807, 2.05) is 24.3 Å². The van der Waals surface area contributed by atoms with E-state index in [1.165, 1.54) is 5.56 Å². The minimum Gasteiger partial charge on any atom is -0.365 e. The molecule has 0 aromatic heterocycles. The number of carbonyl (C=O) groups excluding carboxylic acids is 1. The summed E-state index contributed by atoms with van der Waals surface area (Å²) < 4.78 is 0. The molecule has 0 radical (unpaired) electrons. The summed E-state index contributed by atoms with van der Waals surface area (Å²) in [6.07, 6.45) is 0. The van der Waals surface area contributed by atoms with Gasteiger partial charge in [-0.3, -0.25) is 10.1 Å². The van der Waals surface area contributed by atoms with Crippen LogP contribution in [-0.2, 0) is 0 Å². The Morgan fingerprint density at radius 2 is 1.81 bits per heavy atom. The zero-order chi connectivity index (χ0) is 12.1. The molecule has 0 saturated heterocycles. The average molecular weight is 236 g/mol. The van der Waals surface area contributed by atoms with Crippen LogP contribution in [0.15, 0.2) is 24.3 Å².